The second-order valence-corrected chi connectivity index (χ2v) is 8.69. The predicted molar refractivity (Wildman–Crippen MR) is 99.9 cm³/mol. The highest BCUT2D eigenvalue weighted by molar-refractivity contribution is 5.88. The van der Waals surface area contributed by atoms with E-state index >= 15 is 0 Å². The number of amides is 2. The third-order valence-electron chi connectivity index (χ3n) is 6.37. The van der Waals surface area contributed by atoms with Crippen LogP contribution in [0, 0.1) is 23.2 Å². The number of carbonyl (C=O) groups is 2. The van der Waals surface area contributed by atoms with Crippen molar-refractivity contribution in [2.45, 2.75) is 45.4 Å². The third-order valence-corrected chi connectivity index (χ3v) is 6.37. The number of carbonyl (C=O) groups excluding carboxylic acids is 2. The van der Waals surface area contributed by atoms with E-state index in [1.165, 1.54) is 45.4 Å². The molecule has 0 radical (unpaired) electrons. The summed E-state index contributed by atoms with van der Waals surface area (Å²) in [6, 6.07) is 7.06. The van der Waals surface area contributed by atoms with Gasteiger partial charge in [-0.3, -0.25) is 9.59 Å². The zero-order chi connectivity index (χ0) is 18.1. The van der Waals surface area contributed by atoms with Crippen molar-refractivity contribution in [1.29, 1.82) is 0 Å². The normalized spacial score (nSPS) is 31.5. The van der Waals surface area contributed by atoms with Gasteiger partial charge in [0.25, 0.3) is 5.91 Å². The molecule has 1 aromatic rings. The summed E-state index contributed by atoms with van der Waals surface area (Å²) in [5.41, 5.74) is 1.07. The average molecular weight is 356 g/mol. The largest absolute Gasteiger partial charge is 0.484 e. The fourth-order valence-electron chi connectivity index (χ4n) is 5.83. The lowest BCUT2D eigenvalue weighted by Crippen LogP contribution is -2.51. The van der Waals surface area contributed by atoms with E-state index in [4.69, 9.17) is 4.74 Å². The van der Waals surface area contributed by atoms with Gasteiger partial charge in [0.15, 0.2) is 6.61 Å². The van der Waals surface area contributed by atoms with Crippen LogP contribution in [0.4, 0.5) is 5.69 Å². The van der Waals surface area contributed by atoms with Crippen molar-refractivity contribution in [3.8, 4) is 5.75 Å². The average Bonchev–Trinajstić information content (AvgIpc) is 2.58. The maximum Gasteiger partial charge on any atom is 0.257 e. The van der Waals surface area contributed by atoms with Crippen LogP contribution in [0.3, 0.4) is 0 Å². The molecule has 140 valence electrons. The maximum atomic E-state index is 12.2. The van der Waals surface area contributed by atoms with Crippen molar-refractivity contribution >= 4 is 17.5 Å². The van der Waals surface area contributed by atoms with Crippen LogP contribution in [-0.4, -0.2) is 25.0 Å². The van der Waals surface area contributed by atoms with Crippen LogP contribution in [0.5, 0.6) is 5.75 Å². The molecule has 2 amide bonds. The van der Waals surface area contributed by atoms with Crippen LogP contribution in [0.1, 0.15) is 45.4 Å². The predicted octanol–water partition coefficient (Wildman–Crippen LogP) is 3.36. The number of hydrogen-bond donors (Lipinski definition) is 2. The molecule has 0 atom stereocenters. The lowest BCUT2D eigenvalue weighted by atomic mass is 9.49. The van der Waals surface area contributed by atoms with E-state index in [0.29, 0.717) is 11.2 Å². The molecular weight excluding hydrogens is 328 g/mol. The fraction of sp³-hybridized carbons (Fsp3) is 0.619. The van der Waals surface area contributed by atoms with Gasteiger partial charge >= 0.3 is 0 Å². The number of anilines is 1. The molecule has 0 heterocycles. The van der Waals surface area contributed by atoms with Gasteiger partial charge in [-0.25, -0.2) is 0 Å². The summed E-state index contributed by atoms with van der Waals surface area (Å²) in [7, 11) is 0. The zero-order valence-electron chi connectivity index (χ0n) is 15.4. The molecule has 4 fully saturated rings. The van der Waals surface area contributed by atoms with Crippen LogP contribution >= 0.6 is 0 Å². The molecule has 5 rings (SSSR count). The smallest absolute Gasteiger partial charge is 0.257 e. The van der Waals surface area contributed by atoms with E-state index in [-0.39, 0.29) is 18.4 Å². The summed E-state index contributed by atoms with van der Waals surface area (Å²) in [6.45, 7) is 2.31. The molecule has 0 aromatic heterocycles. The Morgan fingerprint density at radius 1 is 1.04 bits per heavy atom. The molecule has 0 spiro atoms. The Bertz CT molecular complexity index is 648. The van der Waals surface area contributed by atoms with Gasteiger partial charge in [-0.05, 0) is 86.0 Å². The molecular formula is C21H28N2O3. The summed E-state index contributed by atoms with van der Waals surface area (Å²) in [5.74, 6) is 3.17. The van der Waals surface area contributed by atoms with Crippen LogP contribution in [-0.2, 0) is 9.59 Å². The minimum atomic E-state index is -0.109. The van der Waals surface area contributed by atoms with Gasteiger partial charge < -0.3 is 15.4 Å². The van der Waals surface area contributed by atoms with Gasteiger partial charge in [0.2, 0.25) is 5.91 Å². The molecule has 4 bridgehead atoms. The third kappa shape index (κ3) is 3.87. The first-order valence-electron chi connectivity index (χ1n) is 9.77. The number of nitrogens with one attached hydrogen (secondary N) is 2. The Labute approximate surface area is 154 Å². The molecule has 4 aliphatic rings. The zero-order valence-corrected chi connectivity index (χ0v) is 15.4. The first-order valence-corrected chi connectivity index (χ1v) is 9.77. The van der Waals surface area contributed by atoms with Crippen molar-refractivity contribution in [3.63, 3.8) is 0 Å². The molecule has 1 aromatic carbocycles. The SMILES string of the molecule is CC(=O)Nc1ccc(OCC(=O)NCC23CC4CC(CC(C4)C2)C3)cc1. The van der Waals surface area contributed by atoms with E-state index in [1.54, 1.807) is 24.3 Å². The first-order chi connectivity index (χ1) is 12.5. The Hall–Kier alpha value is -2.04. The molecule has 4 saturated carbocycles. The van der Waals surface area contributed by atoms with Crippen molar-refractivity contribution in [2.75, 3.05) is 18.5 Å². The van der Waals surface area contributed by atoms with Crippen molar-refractivity contribution in [2.24, 2.45) is 23.2 Å². The van der Waals surface area contributed by atoms with E-state index in [1.807, 2.05) is 0 Å². The molecule has 5 nitrogen and oxygen atoms in total. The number of benzene rings is 1. The summed E-state index contributed by atoms with van der Waals surface area (Å²) in [6.07, 6.45) is 8.15. The molecule has 2 N–H and O–H groups in total. The second-order valence-electron chi connectivity index (χ2n) is 8.69. The highest BCUT2D eigenvalue weighted by Crippen LogP contribution is 2.59. The van der Waals surface area contributed by atoms with E-state index in [0.717, 1.165) is 30.0 Å². The molecule has 26 heavy (non-hydrogen) atoms. The lowest BCUT2D eigenvalue weighted by Gasteiger charge is -2.56. The lowest BCUT2D eigenvalue weighted by molar-refractivity contribution is -0.125. The summed E-state index contributed by atoms with van der Waals surface area (Å²) in [5, 5.41) is 5.83. The number of rotatable bonds is 6. The standard InChI is InChI=1S/C21H28N2O3/c1-14(24)23-18-2-4-19(5-3-18)26-12-20(25)22-13-21-9-15-6-16(10-21)8-17(7-15)11-21/h2-5,15-17H,6-13H2,1H3,(H,22,25)(H,23,24). The molecule has 0 saturated heterocycles. The second kappa shape index (κ2) is 6.93. The van der Waals surface area contributed by atoms with E-state index < -0.39 is 0 Å². The molecule has 5 heteroatoms. The highest BCUT2D eigenvalue weighted by atomic mass is 16.5. The fourth-order valence-corrected chi connectivity index (χ4v) is 5.83. The van der Waals surface area contributed by atoms with E-state index in [2.05, 4.69) is 10.6 Å². The van der Waals surface area contributed by atoms with Gasteiger partial charge in [0.1, 0.15) is 5.75 Å². The van der Waals surface area contributed by atoms with Gasteiger partial charge in [0, 0.05) is 19.2 Å². The Balaban J connectivity index is 1.24. The van der Waals surface area contributed by atoms with Crippen LogP contribution < -0.4 is 15.4 Å². The van der Waals surface area contributed by atoms with Gasteiger partial charge in [-0.15, -0.1) is 0 Å². The Morgan fingerprint density at radius 3 is 2.15 bits per heavy atom. The van der Waals surface area contributed by atoms with Crippen LogP contribution in [0.25, 0.3) is 0 Å². The Morgan fingerprint density at radius 2 is 1.62 bits per heavy atom. The van der Waals surface area contributed by atoms with Gasteiger partial charge in [-0.2, -0.15) is 0 Å². The van der Waals surface area contributed by atoms with Crippen LogP contribution in [0.2, 0.25) is 0 Å². The quantitative estimate of drug-likeness (QED) is 0.821. The van der Waals surface area contributed by atoms with Crippen LogP contribution in [0.15, 0.2) is 24.3 Å². The molecule has 0 unspecified atom stereocenters. The monoisotopic (exact) mass is 356 g/mol. The first kappa shape index (κ1) is 17.4. The van der Waals surface area contributed by atoms with Crippen molar-refractivity contribution in [3.05, 3.63) is 24.3 Å². The van der Waals surface area contributed by atoms with Crippen molar-refractivity contribution < 1.29 is 14.3 Å². The van der Waals surface area contributed by atoms with Gasteiger partial charge in [-0.1, -0.05) is 0 Å². The summed E-state index contributed by atoms with van der Waals surface area (Å²) in [4.78, 5) is 23.2. The van der Waals surface area contributed by atoms with Crippen molar-refractivity contribution in [1.82, 2.24) is 5.32 Å². The Kier molecular flexibility index (Phi) is 4.63. The van der Waals surface area contributed by atoms with Gasteiger partial charge in [0.05, 0.1) is 0 Å². The summed E-state index contributed by atoms with van der Waals surface area (Å²) >= 11 is 0. The highest BCUT2D eigenvalue weighted by Gasteiger charge is 2.50. The minimum Gasteiger partial charge on any atom is -0.484 e. The van der Waals surface area contributed by atoms with E-state index in [9.17, 15) is 9.59 Å². The topological polar surface area (TPSA) is 67.4 Å². The molecule has 4 aliphatic carbocycles. The molecule has 0 aliphatic heterocycles. The minimum absolute atomic E-state index is 0.0336. The summed E-state index contributed by atoms with van der Waals surface area (Å²) < 4.78 is 5.57. The number of hydrogen-bond acceptors (Lipinski definition) is 3. The number of ether oxygens (including phenoxy) is 1. The maximum absolute atomic E-state index is 12.2.